The topological polar surface area (TPSA) is 190 Å². The lowest BCUT2D eigenvalue weighted by atomic mass is 9.43. The largest absolute Gasteiger partial charge is 0.485 e. The first-order valence-electron chi connectivity index (χ1n) is 27.9. The molecular formula is C61H74N10O8+2. The van der Waals surface area contributed by atoms with Crippen molar-refractivity contribution in [2.75, 3.05) is 7.11 Å². The number of ether oxygens (including phenoxy) is 5. The van der Waals surface area contributed by atoms with Crippen LogP contribution in [0.25, 0.3) is 0 Å². The number of methoxy groups -OCH3 is 1. The van der Waals surface area contributed by atoms with Gasteiger partial charge in [-0.15, -0.1) is 18.7 Å². The van der Waals surface area contributed by atoms with E-state index in [2.05, 4.69) is 51.7 Å². The molecule has 4 aliphatic rings. The number of hydrogen-bond acceptors (Lipinski definition) is 14. The fraction of sp³-hybridized carbons (Fsp3) is 0.492. The third-order valence-corrected chi connectivity index (χ3v) is 18.1. The summed E-state index contributed by atoms with van der Waals surface area (Å²) < 4.78 is 37.0. The SMILES string of the molecule is COC(=O)CC[C@@H](C)[C@H]1CC[C@H]2[C@@H]3CC[C@@H]4C[C@H](OC(=O)C[n+]5cc(COc6ccc(N=Nc7ccccc7)cc6)n(C)n5)CC[C@]4(C)[C@H]3C[C@H](OC(=O)C[n+]3cc(COc4ccc(N=Nc5ccccc5)cc4)n(C)n3)[C@]12C. The fourth-order valence-corrected chi connectivity index (χ4v) is 13.9. The standard InChI is InChI=1S/C61H74N10O8/c1-41(17-30-57(72)75-6)53-28-29-54-52-27-18-42-33-51(78-58(73)37-70-35-47(68(4)66-70)39-76-49-23-19-45(20-24-49)64-62-43-13-9-7-10-14-43)31-32-60(42,2)55(52)34-56(61(53,54)3)79-59(74)38-71-36-48(69(5)67-71)40-77-50-25-21-46(22-26-50)65-63-44-15-11-8-12-16-44/h7-16,19-26,35-36,41-42,51-56H,17-18,27-34,37-40H2,1-6H3/q+2/t41-,42-,51-,52+,53-,54+,55+,56+,60+,61-/m1/s1. The monoisotopic (exact) mass is 1070 g/mol. The number of nitrogens with zero attached hydrogens (tertiary/aromatic N) is 10. The zero-order valence-electron chi connectivity index (χ0n) is 46.3. The molecule has 4 saturated carbocycles. The van der Waals surface area contributed by atoms with Crippen molar-refractivity contribution < 1.29 is 47.4 Å². The highest BCUT2D eigenvalue weighted by atomic mass is 16.6. The maximum Gasteiger partial charge on any atom is 0.351 e. The second-order valence-corrected chi connectivity index (χ2v) is 22.7. The van der Waals surface area contributed by atoms with Crippen molar-refractivity contribution in [3.05, 3.63) is 133 Å². The van der Waals surface area contributed by atoms with Gasteiger partial charge in [0.05, 0.1) is 40.3 Å². The van der Waals surface area contributed by atoms with E-state index in [-0.39, 0.29) is 79.1 Å². The van der Waals surface area contributed by atoms with Crippen LogP contribution in [0.2, 0.25) is 0 Å². The van der Waals surface area contributed by atoms with Crippen LogP contribution in [0, 0.1) is 46.3 Å². The van der Waals surface area contributed by atoms with Gasteiger partial charge in [0.1, 0.15) is 37.8 Å². The summed E-state index contributed by atoms with van der Waals surface area (Å²) in [6, 6.07) is 34.0. The molecule has 0 radical (unpaired) electrons. The van der Waals surface area contributed by atoms with Crippen LogP contribution >= 0.6 is 0 Å². The third-order valence-electron chi connectivity index (χ3n) is 18.1. The van der Waals surface area contributed by atoms with Crippen molar-refractivity contribution in [1.82, 2.24) is 19.8 Å². The smallest absolute Gasteiger partial charge is 0.351 e. The molecule has 0 spiro atoms. The molecule has 2 aromatic heterocycles. The molecule has 0 amide bonds. The molecule has 4 fully saturated rings. The number of carbonyl (C=O) groups is 3. The van der Waals surface area contributed by atoms with E-state index in [9.17, 15) is 14.4 Å². The lowest BCUT2D eigenvalue weighted by Gasteiger charge is -2.62. The summed E-state index contributed by atoms with van der Waals surface area (Å²) in [7, 11) is 5.12. The highest BCUT2D eigenvalue weighted by molar-refractivity contribution is 5.69. The Morgan fingerprint density at radius 3 is 1.68 bits per heavy atom. The molecule has 0 N–H and O–H groups in total. The molecule has 0 aliphatic heterocycles. The van der Waals surface area contributed by atoms with Gasteiger partial charge in [-0.2, -0.15) is 20.5 Å². The minimum Gasteiger partial charge on any atom is -0.485 e. The molecule has 10 atom stereocenters. The second kappa shape index (κ2) is 24.2. The van der Waals surface area contributed by atoms with Crippen molar-refractivity contribution >= 4 is 40.7 Å². The first-order valence-corrected chi connectivity index (χ1v) is 27.9. The Morgan fingerprint density at radius 2 is 1.15 bits per heavy atom. The first-order chi connectivity index (χ1) is 38.2. The average Bonchev–Trinajstić information content (AvgIpc) is 4.34. The Bertz CT molecular complexity index is 3110. The number of aryl methyl sites for hydroxylation is 2. The molecule has 414 valence electrons. The molecule has 2 heterocycles. The molecule has 79 heavy (non-hydrogen) atoms. The Morgan fingerprint density at radius 1 is 0.633 bits per heavy atom. The third kappa shape index (κ3) is 12.6. The minimum absolute atomic E-state index is 0.00436. The van der Waals surface area contributed by atoms with Gasteiger partial charge in [-0.05, 0) is 172 Å². The zero-order chi connectivity index (χ0) is 55.1. The molecule has 0 saturated heterocycles. The van der Waals surface area contributed by atoms with Crippen LogP contribution in [0.5, 0.6) is 11.5 Å². The summed E-state index contributed by atoms with van der Waals surface area (Å²) in [5.41, 5.74) is 4.30. The predicted molar refractivity (Wildman–Crippen MR) is 290 cm³/mol. The average molecular weight is 1080 g/mol. The predicted octanol–water partition coefficient (Wildman–Crippen LogP) is 11.1. The minimum atomic E-state index is -0.320. The summed E-state index contributed by atoms with van der Waals surface area (Å²) in [4.78, 5) is 40.3. The van der Waals surface area contributed by atoms with Crippen LogP contribution in [-0.4, -0.2) is 57.0 Å². The zero-order valence-corrected chi connectivity index (χ0v) is 46.3. The molecule has 10 rings (SSSR count). The first kappa shape index (κ1) is 54.7. The number of hydrogen-bond donors (Lipinski definition) is 0. The number of carbonyl (C=O) groups excluding carboxylic acids is 3. The van der Waals surface area contributed by atoms with Crippen LogP contribution < -0.4 is 18.8 Å². The molecule has 18 nitrogen and oxygen atoms in total. The highest BCUT2D eigenvalue weighted by Crippen LogP contribution is 2.69. The Kier molecular flexibility index (Phi) is 16.7. The highest BCUT2D eigenvalue weighted by Gasteiger charge is 2.65. The number of esters is 3. The second-order valence-electron chi connectivity index (χ2n) is 22.7. The molecule has 0 bridgehead atoms. The van der Waals surface area contributed by atoms with Gasteiger partial charge in [0.25, 0.3) is 0 Å². The molecule has 4 aliphatic carbocycles. The molecule has 0 unspecified atom stereocenters. The number of rotatable bonds is 20. The van der Waals surface area contributed by atoms with Crippen molar-refractivity contribution in [3.63, 3.8) is 0 Å². The van der Waals surface area contributed by atoms with Crippen molar-refractivity contribution in [2.45, 2.75) is 123 Å². The Balaban J connectivity index is 0.758. The van der Waals surface area contributed by atoms with Crippen LogP contribution in [-0.2, 0) is 69.0 Å². The number of aromatic nitrogens is 6. The van der Waals surface area contributed by atoms with E-state index in [0.717, 1.165) is 80.6 Å². The normalized spacial score (nSPS) is 25.7. The maximum atomic E-state index is 14.3. The summed E-state index contributed by atoms with van der Waals surface area (Å²) in [6.45, 7) is 7.56. The number of azo groups is 2. The van der Waals surface area contributed by atoms with Gasteiger partial charge in [-0.25, -0.2) is 9.59 Å². The summed E-state index contributed by atoms with van der Waals surface area (Å²) in [6.07, 6.45) is 11.8. The lowest BCUT2D eigenvalue weighted by Crippen LogP contribution is -2.60. The van der Waals surface area contributed by atoms with Gasteiger partial charge in [-0.1, -0.05) is 57.2 Å². The summed E-state index contributed by atoms with van der Waals surface area (Å²) in [5, 5.41) is 26.4. The van der Waals surface area contributed by atoms with Gasteiger partial charge >= 0.3 is 17.9 Å². The van der Waals surface area contributed by atoms with Gasteiger partial charge in [0, 0.05) is 11.8 Å². The van der Waals surface area contributed by atoms with E-state index in [0.29, 0.717) is 53.0 Å². The van der Waals surface area contributed by atoms with Crippen LogP contribution in [0.4, 0.5) is 22.7 Å². The maximum absolute atomic E-state index is 14.3. The van der Waals surface area contributed by atoms with E-state index < -0.39 is 0 Å². The van der Waals surface area contributed by atoms with E-state index in [1.54, 1.807) is 18.7 Å². The Hall–Kier alpha value is -7.63. The fourth-order valence-electron chi connectivity index (χ4n) is 13.9. The summed E-state index contributed by atoms with van der Waals surface area (Å²) >= 11 is 0. The molecule has 6 aromatic rings. The Labute approximate surface area is 462 Å². The van der Waals surface area contributed by atoms with Gasteiger partial charge < -0.3 is 23.7 Å². The van der Waals surface area contributed by atoms with Gasteiger partial charge in [-0.3, -0.25) is 4.79 Å². The van der Waals surface area contributed by atoms with E-state index in [1.165, 1.54) is 7.11 Å². The van der Waals surface area contributed by atoms with Crippen LogP contribution in [0.15, 0.2) is 142 Å². The van der Waals surface area contributed by atoms with E-state index >= 15 is 0 Å². The molecular weight excluding hydrogens is 1000 g/mol. The van der Waals surface area contributed by atoms with Crippen molar-refractivity contribution in [1.29, 1.82) is 0 Å². The van der Waals surface area contributed by atoms with E-state index in [4.69, 9.17) is 23.7 Å². The number of benzene rings is 4. The van der Waals surface area contributed by atoms with Crippen LogP contribution in [0.1, 0.15) is 96.4 Å². The quantitative estimate of drug-likeness (QED) is 0.0308. The molecule has 18 heteroatoms. The van der Waals surface area contributed by atoms with Gasteiger partial charge in [0.15, 0.2) is 25.6 Å². The van der Waals surface area contributed by atoms with Gasteiger partial charge in [0.2, 0.25) is 24.5 Å². The van der Waals surface area contributed by atoms with Crippen molar-refractivity contribution in [2.24, 2.45) is 80.9 Å². The van der Waals surface area contributed by atoms with Crippen LogP contribution in [0.3, 0.4) is 0 Å². The van der Waals surface area contributed by atoms with E-state index in [1.807, 2.05) is 136 Å². The van der Waals surface area contributed by atoms with Crippen molar-refractivity contribution in [3.8, 4) is 11.5 Å². The summed E-state index contributed by atoms with van der Waals surface area (Å²) in [5.74, 6) is 2.58. The number of fused-ring (bicyclic) bond motifs is 5. The molecule has 4 aromatic carbocycles. The lowest BCUT2D eigenvalue weighted by molar-refractivity contribution is -0.745.